The second-order valence-corrected chi connectivity index (χ2v) is 4.30. The second kappa shape index (κ2) is 4.77. The van der Waals surface area contributed by atoms with Crippen LogP contribution in [0.4, 0.5) is 5.69 Å². The van der Waals surface area contributed by atoms with Crippen molar-refractivity contribution >= 4 is 28.9 Å². The lowest BCUT2D eigenvalue weighted by atomic mass is 10.1. The molecular formula is C13H11Cl2N. The molecule has 0 saturated carbocycles. The highest BCUT2D eigenvalue weighted by Gasteiger charge is 2.04. The van der Waals surface area contributed by atoms with Crippen molar-refractivity contribution in [3.8, 4) is 11.1 Å². The van der Waals surface area contributed by atoms with Gasteiger partial charge in [0.05, 0.1) is 0 Å². The Labute approximate surface area is 105 Å². The molecule has 1 N–H and O–H groups in total. The predicted molar refractivity (Wildman–Crippen MR) is 71.4 cm³/mol. The summed E-state index contributed by atoms with van der Waals surface area (Å²) in [4.78, 5) is 0. The first-order valence-corrected chi connectivity index (χ1v) is 5.69. The van der Waals surface area contributed by atoms with E-state index in [1.807, 2.05) is 37.4 Å². The Morgan fingerprint density at radius 3 is 2.50 bits per heavy atom. The molecule has 0 aromatic heterocycles. The molecule has 0 unspecified atom stereocenters. The van der Waals surface area contributed by atoms with Crippen LogP contribution in [0.5, 0.6) is 0 Å². The molecule has 16 heavy (non-hydrogen) atoms. The largest absolute Gasteiger partial charge is 0.388 e. The van der Waals surface area contributed by atoms with E-state index < -0.39 is 0 Å². The maximum atomic E-state index is 6.15. The van der Waals surface area contributed by atoms with Gasteiger partial charge >= 0.3 is 0 Å². The van der Waals surface area contributed by atoms with Gasteiger partial charge in [-0.3, -0.25) is 0 Å². The van der Waals surface area contributed by atoms with Gasteiger partial charge < -0.3 is 5.32 Å². The molecule has 3 heteroatoms. The van der Waals surface area contributed by atoms with Gasteiger partial charge in [0.2, 0.25) is 0 Å². The smallest absolute Gasteiger partial charge is 0.0499 e. The fourth-order valence-electron chi connectivity index (χ4n) is 1.57. The Morgan fingerprint density at radius 1 is 1.00 bits per heavy atom. The molecule has 0 aliphatic rings. The summed E-state index contributed by atoms with van der Waals surface area (Å²) in [5.41, 5.74) is 3.13. The van der Waals surface area contributed by atoms with E-state index in [2.05, 4.69) is 11.4 Å². The molecule has 0 aliphatic carbocycles. The van der Waals surface area contributed by atoms with Crippen LogP contribution >= 0.6 is 23.2 Å². The highest BCUT2D eigenvalue weighted by Crippen LogP contribution is 2.31. The molecule has 2 rings (SSSR count). The molecule has 0 atom stereocenters. The maximum absolute atomic E-state index is 6.15. The van der Waals surface area contributed by atoms with Gasteiger partial charge in [0.15, 0.2) is 0 Å². The summed E-state index contributed by atoms with van der Waals surface area (Å²) in [5.74, 6) is 0. The number of rotatable bonds is 2. The second-order valence-electron chi connectivity index (χ2n) is 3.45. The van der Waals surface area contributed by atoms with Crippen molar-refractivity contribution < 1.29 is 0 Å². The van der Waals surface area contributed by atoms with Crippen LogP contribution in [0.1, 0.15) is 0 Å². The Bertz CT molecular complexity index is 509. The molecule has 0 fully saturated rings. The van der Waals surface area contributed by atoms with E-state index in [0.717, 1.165) is 16.8 Å². The Morgan fingerprint density at radius 2 is 1.81 bits per heavy atom. The highest BCUT2D eigenvalue weighted by molar-refractivity contribution is 6.36. The van der Waals surface area contributed by atoms with Crippen molar-refractivity contribution in [1.29, 1.82) is 0 Å². The molecular weight excluding hydrogens is 241 g/mol. The summed E-state index contributed by atoms with van der Waals surface area (Å²) >= 11 is 12.0. The SMILES string of the molecule is CNc1cccc(-c2ccc(Cl)cc2Cl)c1. The fourth-order valence-corrected chi connectivity index (χ4v) is 2.08. The van der Waals surface area contributed by atoms with E-state index in [9.17, 15) is 0 Å². The van der Waals surface area contributed by atoms with Crippen LogP contribution in [-0.4, -0.2) is 7.05 Å². The number of nitrogens with one attached hydrogen (secondary N) is 1. The highest BCUT2D eigenvalue weighted by atomic mass is 35.5. The molecule has 1 nitrogen and oxygen atoms in total. The van der Waals surface area contributed by atoms with Crippen LogP contribution in [0.3, 0.4) is 0 Å². The zero-order valence-corrected chi connectivity index (χ0v) is 10.3. The fraction of sp³-hybridized carbons (Fsp3) is 0.0769. The van der Waals surface area contributed by atoms with Crippen LogP contribution in [0.15, 0.2) is 42.5 Å². The van der Waals surface area contributed by atoms with Crippen LogP contribution in [0.2, 0.25) is 10.0 Å². The minimum atomic E-state index is 0.651. The average Bonchev–Trinajstić information content (AvgIpc) is 2.29. The molecule has 2 aromatic carbocycles. The van der Waals surface area contributed by atoms with E-state index in [1.54, 1.807) is 6.07 Å². The summed E-state index contributed by atoms with van der Waals surface area (Å²) in [7, 11) is 1.89. The van der Waals surface area contributed by atoms with Crippen LogP contribution in [0, 0.1) is 0 Å². The number of anilines is 1. The number of hydrogen-bond acceptors (Lipinski definition) is 1. The van der Waals surface area contributed by atoms with Crippen molar-refractivity contribution in [2.24, 2.45) is 0 Å². The Hall–Kier alpha value is -1.18. The van der Waals surface area contributed by atoms with Gasteiger partial charge in [0, 0.05) is 28.3 Å². The van der Waals surface area contributed by atoms with Gasteiger partial charge in [-0.1, -0.05) is 41.4 Å². The van der Waals surface area contributed by atoms with Crippen molar-refractivity contribution in [3.05, 3.63) is 52.5 Å². The van der Waals surface area contributed by atoms with Gasteiger partial charge in [-0.25, -0.2) is 0 Å². The molecule has 0 heterocycles. The molecule has 82 valence electrons. The van der Waals surface area contributed by atoms with Gasteiger partial charge in [-0.2, -0.15) is 0 Å². The van der Waals surface area contributed by atoms with Crippen LogP contribution in [-0.2, 0) is 0 Å². The maximum Gasteiger partial charge on any atom is 0.0499 e. The minimum absolute atomic E-state index is 0.651. The molecule has 0 spiro atoms. The molecule has 0 aliphatic heterocycles. The average molecular weight is 252 g/mol. The Balaban J connectivity index is 2.49. The zero-order chi connectivity index (χ0) is 11.5. The van der Waals surface area contributed by atoms with Gasteiger partial charge in [0.1, 0.15) is 0 Å². The first kappa shape index (κ1) is 11.3. The molecule has 0 amide bonds. The summed E-state index contributed by atoms with van der Waals surface area (Å²) < 4.78 is 0. The van der Waals surface area contributed by atoms with E-state index in [1.165, 1.54) is 0 Å². The standard InChI is InChI=1S/C13H11Cl2N/c1-16-11-4-2-3-9(7-11)12-6-5-10(14)8-13(12)15/h2-8,16H,1H3. The number of benzene rings is 2. The molecule has 0 bridgehead atoms. The Kier molecular flexibility index (Phi) is 3.37. The van der Waals surface area contributed by atoms with Crippen molar-refractivity contribution in [2.75, 3.05) is 12.4 Å². The summed E-state index contributed by atoms with van der Waals surface area (Å²) in [6.45, 7) is 0. The van der Waals surface area contributed by atoms with Crippen LogP contribution in [0.25, 0.3) is 11.1 Å². The van der Waals surface area contributed by atoms with E-state index >= 15 is 0 Å². The van der Waals surface area contributed by atoms with E-state index in [4.69, 9.17) is 23.2 Å². The lowest BCUT2D eigenvalue weighted by Gasteiger charge is -2.07. The first-order valence-electron chi connectivity index (χ1n) is 4.94. The number of halogens is 2. The van der Waals surface area contributed by atoms with Crippen molar-refractivity contribution in [2.45, 2.75) is 0 Å². The first-order chi connectivity index (χ1) is 7.70. The quantitative estimate of drug-likeness (QED) is 0.816. The topological polar surface area (TPSA) is 12.0 Å². The van der Waals surface area contributed by atoms with Gasteiger partial charge in [-0.05, 0) is 29.8 Å². The zero-order valence-electron chi connectivity index (χ0n) is 8.80. The van der Waals surface area contributed by atoms with Crippen LogP contribution < -0.4 is 5.32 Å². The third kappa shape index (κ3) is 2.31. The summed E-state index contributed by atoms with van der Waals surface area (Å²) in [6, 6.07) is 13.6. The normalized spacial score (nSPS) is 10.2. The third-order valence-corrected chi connectivity index (χ3v) is 2.94. The molecule has 0 saturated heterocycles. The monoisotopic (exact) mass is 251 g/mol. The lowest BCUT2D eigenvalue weighted by Crippen LogP contribution is -1.88. The predicted octanol–water partition coefficient (Wildman–Crippen LogP) is 4.70. The minimum Gasteiger partial charge on any atom is -0.388 e. The van der Waals surface area contributed by atoms with E-state index in [-0.39, 0.29) is 0 Å². The van der Waals surface area contributed by atoms with Crippen molar-refractivity contribution in [1.82, 2.24) is 0 Å². The van der Waals surface area contributed by atoms with Gasteiger partial charge in [0.25, 0.3) is 0 Å². The molecule has 2 aromatic rings. The van der Waals surface area contributed by atoms with Gasteiger partial charge in [-0.15, -0.1) is 0 Å². The summed E-state index contributed by atoms with van der Waals surface area (Å²) in [6.07, 6.45) is 0. The molecule has 0 radical (unpaired) electrons. The number of hydrogen-bond donors (Lipinski definition) is 1. The third-order valence-electron chi connectivity index (χ3n) is 2.39. The van der Waals surface area contributed by atoms with E-state index in [0.29, 0.717) is 10.0 Å². The lowest BCUT2D eigenvalue weighted by molar-refractivity contribution is 1.51. The van der Waals surface area contributed by atoms with Crippen molar-refractivity contribution in [3.63, 3.8) is 0 Å². The summed E-state index contributed by atoms with van der Waals surface area (Å²) in [5, 5.41) is 4.42.